The Kier molecular flexibility index (Phi) is 0.898. The van der Waals surface area contributed by atoms with Crippen molar-refractivity contribution in [1.82, 2.24) is 0 Å². The Labute approximate surface area is 62.3 Å². The molecule has 2 saturated carbocycles. The summed E-state index contributed by atoms with van der Waals surface area (Å²) in [6, 6.07) is 0. The van der Waals surface area contributed by atoms with Gasteiger partial charge in [0.2, 0.25) is 0 Å². The Morgan fingerprint density at radius 1 is 1.10 bits per heavy atom. The van der Waals surface area contributed by atoms with Crippen LogP contribution in [0.2, 0.25) is 0 Å². The second-order valence-corrected chi connectivity index (χ2v) is 4.24. The molecule has 4 atom stereocenters. The van der Waals surface area contributed by atoms with Crippen LogP contribution in [-0.2, 0) is 0 Å². The van der Waals surface area contributed by atoms with Crippen LogP contribution in [0.4, 0.5) is 0 Å². The zero-order chi connectivity index (χ0) is 6.55. The van der Waals surface area contributed by atoms with Crippen LogP contribution in [0.3, 0.4) is 0 Å². The minimum Gasteiger partial charge on any atom is -0.0879 e. The van der Waals surface area contributed by atoms with Crippen LogP contribution < -0.4 is 0 Å². The fraction of sp³-hybridized carbons (Fsp3) is 0.800. The van der Waals surface area contributed by atoms with Gasteiger partial charge in [0.15, 0.2) is 0 Å². The third kappa shape index (κ3) is 0.492. The summed E-state index contributed by atoms with van der Waals surface area (Å²) in [5.74, 6) is 4.36. The Bertz CT molecular complexity index is 180. The van der Waals surface area contributed by atoms with E-state index in [-0.39, 0.29) is 0 Å². The van der Waals surface area contributed by atoms with Crippen molar-refractivity contribution in [2.45, 2.75) is 25.7 Å². The Hall–Kier alpha value is -0.260. The molecule has 0 N–H and O–H groups in total. The van der Waals surface area contributed by atoms with Gasteiger partial charge in [-0.3, -0.25) is 0 Å². The third-order valence-corrected chi connectivity index (χ3v) is 3.92. The monoisotopic (exact) mass is 134 g/mol. The molecule has 0 aromatic heterocycles. The molecule has 0 saturated heterocycles. The van der Waals surface area contributed by atoms with Crippen molar-refractivity contribution in [3.05, 3.63) is 12.2 Å². The van der Waals surface area contributed by atoms with Gasteiger partial charge >= 0.3 is 0 Å². The zero-order valence-corrected chi connectivity index (χ0v) is 6.29. The molecule has 2 bridgehead atoms. The molecular weight excluding hydrogens is 120 g/mol. The highest BCUT2D eigenvalue weighted by atomic mass is 14.5. The van der Waals surface area contributed by atoms with Crippen LogP contribution >= 0.6 is 0 Å². The van der Waals surface area contributed by atoms with E-state index in [0.717, 1.165) is 23.7 Å². The average molecular weight is 134 g/mol. The first-order valence-electron chi connectivity index (χ1n) is 4.62. The van der Waals surface area contributed by atoms with E-state index in [4.69, 9.17) is 0 Å². The lowest BCUT2D eigenvalue weighted by Gasteiger charge is -2.23. The maximum Gasteiger partial charge on any atom is -0.0171 e. The molecule has 0 radical (unpaired) electrons. The molecule has 0 heterocycles. The molecule has 0 nitrogen and oxygen atoms in total. The molecule has 3 aliphatic rings. The smallest absolute Gasteiger partial charge is 0.0171 e. The van der Waals surface area contributed by atoms with Crippen molar-refractivity contribution in [1.29, 1.82) is 0 Å². The van der Waals surface area contributed by atoms with E-state index in [1.165, 1.54) is 12.8 Å². The number of rotatable bonds is 0. The Balaban J connectivity index is 1.97. The van der Waals surface area contributed by atoms with E-state index in [1.807, 2.05) is 0 Å². The quantitative estimate of drug-likeness (QED) is 0.447. The summed E-state index contributed by atoms with van der Waals surface area (Å²) < 4.78 is 0. The molecule has 0 spiro atoms. The van der Waals surface area contributed by atoms with Gasteiger partial charge in [-0.15, -0.1) is 0 Å². The second-order valence-electron chi connectivity index (χ2n) is 4.24. The van der Waals surface area contributed by atoms with Crippen LogP contribution in [0.15, 0.2) is 12.2 Å². The van der Waals surface area contributed by atoms with Crippen LogP contribution in [0.1, 0.15) is 25.7 Å². The van der Waals surface area contributed by atoms with Gasteiger partial charge < -0.3 is 0 Å². The molecule has 0 amide bonds. The van der Waals surface area contributed by atoms with E-state index >= 15 is 0 Å². The van der Waals surface area contributed by atoms with E-state index in [2.05, 4.69) is 12.2 Å². The van der Waals surface area contributed by atoms with Crippen molar-refractivity contribution in [2.24, 2.45) is 23.7 Å². The van der Waals surface area contributed by atoms with E-state index < -0.39 is 0 Å². The first kappa shape index (κ1) is 5.40. The lowest BCUT2D eigenvalue weighted by atomic mass is 9.82. The molecule has 3 rings (SSSR count). The van der Waals surface area contributed by atoms with Crippen molar-refractivity contribution < 1.29 is 0 Å². The predicted octanol–water partition coefficient (Wildman–Crippen LogP) is 2.61. The molecule has 0 aliphatic heterocycles. The van der Waals surface area contributed by atoms with Crippen molar-refractivity contribution in [3.8, 4) is 0 Å². The van der Waals surface area contributed by atoms with Crippen molar-refractivity contribution in [2.75, 3.05) is 0 Å². The van der Waals surface area contributed by atoms with Crippen LogP contribution in [0.25, 0.3) is 0 Å². The molecule has 0 unspecified atom stereocenters. The summed E-state index contributed by atoms with van der Waals surface area (Å²) in [6.07, 6.45) is 11.0. The average Bonchev–Trinajstić information content (AvgIpc) is 2.60. The highest BCUT2D eigenvalue weighted by Gasteiger charge is 2.47. The van der Waals surface area contributed by atoms with Crippen LogP contribution in [-0.4, -0.2) is 0 Å². The molecule has 2 fully saturated rings. The summed E-state index contributed by atoms with van der Waals surface area (Å²) in [6.45, 7) is 0. The summed E-state index contributed by atoms with van der Waals surface area (Å²) in [5, 5.41) is 0. The number of hydrogen-bond donors (Lipinski definition) is 0. The van der Waals surface area contributed by atoms with E-state index in [0.29, 0.717) is 0 Å². The molecule has 0 aromatic rings. The summed E-state index contributed by atoms with van der Waals surface area (Å²) in [4.78, 5) is 0. The molecule has 54 valence electrons. The van der Waals surface area contributed by atoms with Crippen LogP contribution in [0, 0.1) is 23.7 Å². The summed E-state index contributed by atoms with van der Waals surface area (Å²) in [7, 11) is 0. The highest BCUT2D eigenvalue weighted by molar-refractivity contribution is 5.11. The van der Waals surface area contributed by atoms with Gasteiger partial charge in [0.05, 0.1) is 0 Å². The van der Waals surface area contributed by atoms with E-state index in [9.17, 15) is 0 Å². The Morgan fingerprint density at radius 3 is 2.90 bits per heavy atom. The zero-order valence-electron chi connectivity index (χ0n) is 6.29. The molecule has 0 aromatic carbocycles. The SMILES string of the molecule is C1=C[C@@H]2[C@@H]3CC[C@@H](C3)[C@@H]2C1. The van der Waals surface area contributed by atoms with Gasteiger partial charge in [0.1, 0.15) is 0 Å². The van der Waals surface area contributed by atoms with Crippen molar-refractivity contribution in [3.63, 3.8) is 0 Å². The largest absolute Gasteiger partial charge is 0.0879 e. The fourth-order valence-corrected chi connectivity index (χ4v) is 3.50. The first-order chi connectivity index (χ1) is 4.95. The molecule has 3 aliphatic carbocycles. The fourth-order valence-electron chi connectivity index (χ4n) is 3.50. The minimum absolute atomic E-state index is 1.03. The maximum atomic E-state index is 2.49. The molecular formula is C10H14. The van der Waals surface area contributed by atoms with Gasteiger partial charge in [0, 0.05) is 0 Å². The maximum absolute atomic E-state index is 2.49. The van der Waals surface area contributed by atoms with Gasteiger partial charge in [0.25, 0.3) is 0 Å². The molecule has 0 heteroatoms. The third-order valence-electron chi connectivity index (χ3n) is 3.92. The van der Waals surface area contributed by atoms with Crippen molar-refractivity contribution >= 4 is 0 Å². The highest BCUT2D eigenvalue weighted by Crippen LogP contribution is 2.56. The number of hydrogen-bond acceptors (Lipinski definition) is 0. The normalized spacial score (nSPS) is 56.0. The standard InChI is InChI=1S/C10H14/c1-2-9-7-4-5-8(6-7)10(9)3-1/h1-2,7-10H,3-6H2/t7-,8+,9-,10+/m1/s1. The second kappa shape index (κ2) is 1.66. The topological polar surface area (TPSA) is 0 Å². The lowest BCUT2D eigenvalue weighted by molar-refractivity contribution is 0.285. The number of fused-ring (bicyclic) bond motifs is 5. The number of allylic oxidation sites excluding steroid dienone is 2. The van der Waals surface area contributed by atoms with Gasteiger partial charge in [-0.1, -0.05) is 12.2 Å². The summed E-state index contributed by atoms with van der Waals surface area (Å²) >= 11 is 0. The van der Waals surface area contributed by atoms with Gasteiger partial charge in [-0.05, 0) is 49.4 Å². The van der Waals surface area contributed by atoms with E-state index in [1.54, 1.807) is 12.8 Å². The predicted molar refractivity (Wildman–Crippen MR) is 41.6 cm³/mol. The molecule has 10 heavy (non-hydrogen) atoms. The van der Waals surface area contributed by atoms with Gasteiger partial charge in [-0.2, -0.15) is 0 Å². The van der Waals surface area contributed by atoms with Gasteiger partial charge in [-0.25, -0.2) is 0 Å². The first-order valence-corrected chi connectivity index (χ1v) is 4.62. The lowest BCUT2D eigenvalue weighted by Crippen LogP contribution is -2.16. The summed E-state index contributed by atoms with van der Waals surface area (Å²) in [5.41, 5.74) is 0. The minimum atomic E-state index is 1.03. The Morgan fingerprint density at radius 2 is 2.00 bits per heavy atom. The van der Waals surface area contributed by atoms with Crippen LogP contribution in [0.5, 0.6) is 0 Å².